The van der Waals surface area contributed by atoms with Gasteiger partial charge in [0.1, 0.15) is 5.41 Å². The van der Waals surface area contributed by atoms with Crippen LogP contribution in [-0.2, 0) is 9.59 Å². The Bertz CT molecular complexity index is 536. The number of aliphatic carboxylic acids is 1. The highest BCUT2D eigenvalue weighted by molar-refractivity contribution is 5.84. The molecule has 0 bridgehead atoms. The molecule has 2 atom stereocenters. The van der Waals surface area contributed by atoms with Crippen molar-refractivity contribution in [1.82, 2.24) is 5.32 Å². The van der Waals surface area contributed by atoms with Crippen LogP contribution >= 0.6 is 0 Å². The van der Waals surface area contributed by atoms with Crippen molar-refractivity contribution < 1.29 is 14.7 Å². The minimum absolute atomic E-state index is 0.238. The van der Waals surface area contributed by atoms with Crippen LogP contribution in [0.3, 0.4) is 0 Å². The third-order valence-corrected chi connectivity index (χ3v) is 3.32. The molecule has 1 aliphatic rings. The lowest BCUT2D eigenvalue weighted by molar-refractivity contribution is -0.147. The summed E-state index contributed by atoms with van der Waals surface area (Å²) in [5, 5.41) is 12.1. The van der Waals surface area contributed by atoms with Crippen LogP contribution in [0.5, 0.6) is 0 Å². The topological polar surface area (TPSA) is 66.4 Å². The maximum Gasteiger partial charge on any atom is 0.315 e. The highest BCUT2D eigenvalue weighted by atomic mass is 16.4. The van der Waals surface area contributed by atoms with E-state index in [1.165, 1.54) is 6.92 Å². The number of rotatable bonds is 2. The van der Waals surface area contributed by atoms with Crippen LogP contribution < -0.4 is 5.32 Å². The number of fused-ring (bicyclic) bond motifs is 1. The highest BCUT2D eigenvalue weighted by Gasteiger charge is 2.43. The van der Waals surface area contributed by atoms with E-state index in [0.29, 0.717) is 0 Å². The molecule has 0 spiro atoms. The summed E-state index contributed by atoms with van der Waals surface area (Å²) < 4.78 is 0. The Morgan fingerprint density at radius 1 is 1.33 bits per heavy atom. The Morgan fingerprint density at radius 2 is 2.00 bits per heavy atom. The quantitative estimate of drug-likeness (QED) is 0.837. The van der Waals surface area contributed by atoms with Gasteiger partial charge in [-0.15, -0.1) is 0 Å². The van der Waals surface area contributed by atoms with Gasteiger partial charge in [0.05, 0.1) is 6.04 Å². The lowest BCUT2D eigenvalue weighted by atomic mass is 9.73. The molecule has 4 nitrogen and oxygen atoms in total. The number of carbonyl (C=O) groups is 2. The Balaban J connectivity index is 2.55. The number of hydrogen-bond donors (Lipinski definition) is 2. The van der Waals surface area contributed by atoms with Gasteiger partial charge in [-0.3, -0.25) is 9.59 Å². The van der Waals surface area contributed by atoms with Crippen molar-refractivity contribution in [3.05, 3.63) is 41.5 Å². The lowest BCUT2D eigenvalue weighted by Crippen LogP contribution is -2.43. The van der Waals surface area contributed by atoms with Crippen LogP contribution in [0.1, 0.15) is 31.0 Å². The minimum Gasteiger partial charge on any atom is -0.481 e. The molecule has 1 aromatic carbocycles. The van der Waals surface area contributed by atoms with Crippen LogP contribution in [-0.4, -0.2) is 17.0 Å². The summed E-state index contributed by atoms with van der Waals surface area (Å²) in [5.41, 5.74) is 0.648. The largest absolute Gasteiger partial charge is 0.481 e. The molecule has 0 radical (unpaired) electrons. The van der Waals surface area contributed by atoms with Crippen molar-refractivity contribution in [3.63, 3.8) is 0 Å². The summed E-state index contributed by atoms with van der Waals surface area (Å²) in [5.74, 6) is -1.19. The normalized spacial score (nSPS) is 25.3. The molecule has 4 heteroatoms. The van der Waals surface area contributed by atoms with Crippen molar-refractivity contribution in [2.75, 3.05) is 0 Å². The Kier molecular flexibility index (Phi) is 2.95. The van der Waals surface area contributed by atoms with Crippen molar-refractivity contribution in [2.24, 2.45) is 5.41 Å². The molecule has 0 saturated heterocycles. The van der Waals surface area contributed by atoms with Gasteiger partial charge in [-0.1, -0.05) is 36.4 Å². The second kappa shape index (κ2) is 4.29. The zero-order chi connectivity index (χ0) is 13.3. The van der Waals surface area contributed by atoms with Crippen LogP contribution in [0, 0.1) is 5.41 Å². The van der Waals surface area contributed by atoms with E-state index in [-0.39, 0.29) is 5.91 Å². The van der Waals surface area contributed by atoms with Crippen LogP contribution in [0.2, 0.25) is 0 Å². The molecule has 1 aliphatic carbocycles. The zero-order valence-corrected chi connectivity index (χ0v) is 10.3. The molecule has 1 amide bonds. The molecule has 94 valence electrons. The minimum atomic E-state index is -1.12. The van der Waals surface area contributed by atoms with E-state index in [0.717, 1.165) is 11.1 Å². The molecule has 18 heavy (non-hydrogen) atoms. The Hall–Kier alpha value is -2.10. The Morgan fingerprint density at radius 3 is 2.61 bits per heavy atom. The fourth-order valence-corrected chi connectivity index (χ4v) is 2.23. The van der Waals surface area contributed by atoms with Gasteiger partial charge in [0, 0.05) is 6.92 Å². The van der Waals surface area contributed by atoms with Crippen LogP contribution in [0.4, 0.5) is 0 Å². The second-order valence-corrected chi connectivity index (χ2v) is 4.68. The number of amides is 1. The lowest BCUT2D eigenvalue weighted by Gasteiger charge is -2.35. The SMILES string of the molecule is CC(=O)N[C@H]1c2ccccc2C=C[C@@]1(C)C(=O)O. The first-order valence-electron chi connectivity index (χ1n) is 5.74. The molecule has 2 rings (SSSR count). The number of carboxylic acid groups (broad SMARTS) is 1. The van der Waals surface area contributed by atoms with Crippen LogP contribution in [0.25, 0.3) is 6.08 Å². The van der Waals surface area contributed by atoms with E-state index in [1.807, 2.05) is 24.3 Å². The molecule has 0 aromatic heterocycles. The number of hydrogen-bond acceptors (Lipinski definition) is 2. The van der Waals surface area contributed by atoms with Gasteiger partial charge in [0.2, 0.25) is 5.91 Å². The van der Waals surface area contributed by atoms with Gasteiger partial charge in [0.25, 0.3) is 0 Å². The standard InChI is InChI=1S/C14H15NO3/c1-9(16)15-12-11-6-4-3-5-10(11)7-8-14(12,2)13(17)18/h3-8,12H,1-2H3,(H,15,16)(H,17,18)/t12-,14+/m0/s1. The number of nitrogens with one attached hydrogen (secondary N) is 1. The van der Waals surface area contributed by atoms with E-state index < -0.39 is 17.4 Å². The van der Waals surface area contributed by atoms with E-state index in [4.69, 9.17) is 0 Å². The summed E-state index contributed by atoms with van der Waals surface area (Å²) >= 11 is 0. The van der Waals surface area contributed by atoms with Gasteiger partial charge in [-0.2, -0.15) is 0 Å². The van der Waals surface area contributed by atoms with Gasteiger partial charge >= 0.3 is 5.97 Å². The first kappa shape index (κ1) is 12.4. The van der Waals surface area contributed by atoms with E-state index >= 15 is 0 Å². The zero-order valence-electron chi connectivity index (χ0n) is 10.3. The van der Waals surface area contributed by atoms with E-state index in [2.05, 4.69) is 5.32 Å². The smallest absolute Gasteiger partial charge is 0.315 e. The summed E-state index contributed by atoms with van der Waals surface area (Å²) in [7, 11) is 0. The number of carbonyl (C=O) groups excluding carboxylic acids is 1. The average molecular weight is 245 g/mol. The predicted octanol–water partition coefficient (Wildman–Crippen LogP) is 1.98. The highest BCUT2D eigenvalue weighted by Crippen LogP contribution is 2.41. The third-order valence-electron chi connectivity index (χ3n) is 3.32. The summed E-state index contributed by atoms with van der Waals surface area (Å²) in [4.78, 5) is 22.8. The third kappa shape index (κ3) is 1.90. The van der Waals surface area contributed by atoms with Crippen LogP contribution in [0.15, 0.2) is 30.3 Å². The fourth-order valence-electron chi connectivity index (χ4n) is 2.23. The molecule has 2 N–H and O–H groups in total. The maximum atomic E-state index is 11.5. The van der Waals surface area contributed by atoms with Crippen molar-refractivity contribution in [3.8, 4) is 0 Å². The maximum absolute atomic E-state index is 11.5. The first-order chi connectivity index (χ1) is 8.45. The van der Waals surface area contributed by atoms with Gasteiger partial charge in [-0.05, 0) is 18.1 Å². The molecule has 0 aliphatic heterocycles. The van der Waals surface area contributed by atoms with Crippen molar-refractivity contribution >= 4 is 18.0 Å². The summed E-state index contributed by atoms with van der Waals surface area (Å²) in [6.45, 7) is 3.01. The first-order valence-corrected chi connectivity index (χ1v) is 5.74. The van der Waals surface area contributed by atoms with Gasteiger partial charge < -0.3 is 10.4 Å². The summed E-state index contributed by atoms with van der Waals surface area (Å²) in [6, 6.07) is 6.93. The number of benzene rings is 1. The average Bonchev–Trinajstić information content (AvgIpc) is 2.32. The van der Waals surface area contributed by atoms with Gasteiger partial charge in [-0.25, -0.2) is 0 Å². The molecule has 0 unspecified atom stereocenters. The molecular weight excluding hydrogens is 230 g/mol. The molecule has 0 fully saturated rings. The predicted molar refractivity (Wildman–Crippen MR) is 67.8 cm³/mol. The monoisotopic (exact) mass is 245 g/mol. The van der Waals surface area contributed by atoms with Crippen molar-refractivity contribution in [1.29, 1.82) is 0 Å². The molecule has 0 saturated carbocycles. The second-order valence-electron chi connectivity index (χ2n) is 4.68. The fraction of sp³-hybridized carbons (Fsp3) is 0.286. The number of carboxylic acids is 1. The van der Waals surface area contributed by atoms with Gasteiger partial charge in [0.15, 0.2) is 0 Å². The molecule has 0 heterocycles. The van der Waals surface area contributed by atoms with E-state index in [1.54, 1.807) is 19.1 Å². The summed E-state index contributed by atoms with van der Waals surface area (Å²) in [6.07, 6.45) is 3.43. The van der Waals surface area contributed by atoms with E-state index in [9.17, 15) is 14.7 Å². The molecule has 1 aromatic rings. The molecular formula is C14H15NO3. The Labute approximate surface area is 105 Å². The van der Waals surface area contributed by atoms with Crippen molar-refractivity contribution in [2.45, 2.75) is 19.9 Å².